The Labute approximate surface area is 203 Å². The number of ether oxygens (including phenoxy) is 2. The van der Waals surface area contributed by atoms with Gasteiger partial charge >= 0.3 is 0 Å². The molecule has 2 N–H and O–H groups in total. The van der Waals surface area contributed by atoms with E-state index in [0.717, 1.165) is 5.56 Å². The monoisotopic (exact) mass is 485 g/mol. The van der Waals surface area contributed by atoms with Crippen molar-refractivity contribution < 1.29 is 23.9 Å². The minimum absolute atomic E-state index is 0.0922. The van der Waals surface area contributed by atoms with Gasteiger partial charge < -0.3 is 25.0 Å². The Morgan fingerprint density at radius 1 is 1.15 bits per heavy atom. The summed E-state index contributed by atoms with van der Waals surface area (Å²) in [6, 6.07) is 12.2. The number of carbonyl (C=O) groups excluding carboxylic acids is 3. The van der Waals surface area contributed by atoms with E-state index in [1.54, 1.807) is 42.3 Å². The Bertz CT molecular complexity index is 1070. The molecule has 0 unspecified atom stereocenters. The van der Waals surface area contributed by atoms with Crippen molar-refractivity contribution >= 4 is 35.0 Å². The standard InChI is InChI=1S/C25H28ClN3O5/c1-15(30)28-18-7-10-22-20(11-18)25(32)29(2)21-9-8-19(34-23(21)14-33-22)12-24(31)27-13-16-3-5-17(26)6-4-16/h3-7,10-11,19,21,23H,8-9,12-14H2,1-2H3,(H,27,31)(H,28,30)/t19-,21+,23-/m0/s1. The molecule has 34 heavy (non-hydrogen) atoms. The molecular weight excluding hydrogens is 458 g/mol. The van der Waals surface area contributed by atoms with E-state index in [-0.39, 0.29) is 49.0 Å². The summed E-state index contributed by atoms with van der Waals surface area (Å²) in [6.45, 7) is 2.10. The maximum atomic E-state index is 13.2. The normalized spacial score (nSPS) is 21.9. The lowest BCUT2D eigenvalue weighted by Gasteiger charge is -2.42. The van der Waals surface area contributed by atoms with Crippen LogP contribution in [0, 0.1) is 0 Å². The summed E-state index contributed by atoms with van der Waals surface area (Å²) in [5.74, 6) is -0.0579. The van der Waals surface area contributed by atoms with E-state index in [0.29, 0.717) is 41.4 Å². The van der Waals surface area contributed by atoms with Crippen molar-refractivity contribution in [3.8, 4) is 5.75 Å². The molecule has 1 saturated heterocycles. The first-order chi connectivity index (χ1) is 16.3. The van der Waals surface area contributed by atoms with Crippen molar-refractivity contribution in [3.63, 3.8) is 0 Å². The van der Waals surface area contributed by atoms with Gasteiger partial charge in [0, 0.05) is 31.2 Å². The fourth-order valence-corrected chi connectivity index (χ4v) is 4.52. The van der Waals surface area contributed by atoms with Crippen molar-refractivity contribution in [3.05, 3.63) is 58.6 Å². The molecule has 2 aromatic rings. The van der Waals surface area contributed by atoms with Crippen molar-refractivity contribution in [2.24, 2.45) is 0 Å². The first-order valence-electron chi connectivity index (χ1n) is 11.3. The molecule has 0 aromatic heterocycles. The lowest BCUT2D eigenvalue weighted by atomic mass is 9.94. The van der Waals surface area contributed by atoms with Crippen LogP contribution in [0.3, 0.4) is 0 Å². The van der Waals surface area contributed by atoms with Gasteiger partial charge in [0.1, 0.15) is 18.5 Å². The van der Waals surface area contributed by atoms with Crippen LogP contribution in [0.4, 0.5) is 5.69 Å². The van der Waals surface area contributed by atoms with Gasteiger partial charge in [0.15, 0.2) is 0 Å². The van der Waals surface area contributed by atoms with E-state index in [1.807, 2.05) is 12.1 Å². The Balaban J connectivity index is 1.38. The number of hydrogen-bond acceptors (Lipinski definition) is 5. The zero-order valence-electron chi connectivity index (χ0n) is 19.2. The van der Waals surface area contributed by atoms with Crippen LogP contribution in [0.1, 0.15) is 42.1 Å². The minimum Gasteiger partial charge on any atom is -0.490 e. The number of nitrogens with one attached hydrogen (secondary N) is 2. The Kier molecular flexibility index (Phi) is 7.38. The summed E-state index contributed by atoms with van der Waals surface area (Å²) in [5, 5.41) is 6.27. The lowest BCUT2D eigenvalue weighted by Crippen LogP contribution is -2.53. The van der Waals surface area contributed by atoms with Gasteiger partial charge in [0.25, 0.3) is 5.91 Å². The molecule has 2 aromatic carbocycles. The largest absolute Gasteiger partial charge is 0.490 e. The average molecular weight is 486 g/mol. The van der Waals surface area contributed by atoms with E-state index >= 15 is 0 Å². The summed E-state index contributed by atoms with van der Waals surface area (Å²) < 4.78 is 12.2. The second-order valence-corrected chi connectivity index (χ2v) is 9.10. The number of likely N-dealkylation sites (N-methyl/N-ethyl adjacent to an activating group) is 1. The molecule has 9 heteroatoms. The molecule has 0 saturated carbocycles. The molecular formula is C25H28ClN3O5. The third-order valence-corrected chi connectivity index (χ3v) is 6.40. The number of anilines is 1. The van der Waals surface area contributed by atoms with E-state index in [4.69, 9.17) is 21.1 Å². The number of amides is 3. The number of halogens is 1. The first kappa shape index (κ1) is 24.0. The lowest BCUT2D eigenvalue weighted by molar-refractivity contribution is -0.134. The zero-order chi connectivity index (χ0) is 24.2. The molecule has 0 bridgehead atoms. The second kappa shape index (κ2) is 10.4. The highest BCUT2D eigenvalue weighted by atomic mass is 35.5. The fraction of sp³-hybridized carbons (Fsp3) is 0.400. The van der Waals surface area contributed by atoms with Crippen molar-refractivity contribution in [2.45, 2.75) is 51.0 Å². The maximum absolute atomic E-state index is 13.2. The Morgan fingerprint density at radius 2 is 1.91 bits per heavy atom. The molecule has 3 amide bonds. The van der Waals surface area contributed by atoms with Crippen LogP contribution < -0.4 is 15.4 Å². The molecule has 1 fully saturated rings. The van der Waals surface area contributed by atoms with Gasteiger partial charge in [-0.2, -0.15) is 0 Å². The number of nitrogens with zero attached hydrogens (tertiary/aromatic N) is 1. The van der Waals surface area contributed by atoms with Crippen LogP contribution in [0.25, 0.3) is 0 Å². The van der Waals surface area contributed by atoms with Crippen LogP contribution >= 0.6 is 11.6 Å². The van der Waals surface area contributed by atoms with Gasteiger partial charge in [0.05, 0.1) is 24.1 Å². The van der Waals surface area contributed by atoms with Gasteiger partial charge in [-0.05, 0) is 48.7 Å². The molecule has 8 nitrogen and oxygen atoms in total. The number of rotatable bonds is 5. The van der Waals surface area contributed by atoms with Crippen LogP contribution in [0.5, 0.6) is 5.75 Å². The van der Waals surface area contributed by atoms with Crippen LogP contribution in [0.2, 0.25) is 5.02 Å². The Hall–Kier alpha value is -3.10. The van der Waals surface area contributed by atoms with Gasteiger partial charge in [0.2, 0.25) is 11.8 Å². The third-order valence-electron chi connectivity index (χ3n) is 6.15. The predicted octanol–water partition coefficient (Wildman–Crippen LogP) is 3.39. The first-order valence-corrected chi connectivity index (χ1v) is 11.7. The van der Waals surface area contributed by atoms with Crippen LogP contribution in [0.15, 0.2) is 42.5 Å². The van der Waals surface area contributed by atoms with Gasteiger partial charge in [-0.1, -0.05) is 23.7 Å². The van der Waals surface area contributed by atoms with Crippen molar-refractivity contribution in [1.29, 1.82) is 0 Å². The molecule has 3 atom stereocenters. The molecule has 0 aliphatic carbocycles. The highest BCUT2D eigenvalue weighted by Gasteiger charge is 2.39. The fourth-order valence-electron chi connectivity index (χ4n) is 4.39. The SMILES string of the molecule is CC(=O)Nc1ccc2c(c1)C(=O)N(C)[C@@H]1CC[C@@H](CC(=O)NCc3ccc(Cl)cc3)O[C@H]1CO2. The molecule has 2 heterocycles. The molecule has 0 radical (unpaired) electrons. The van der Waals surface area contributed by atoms with Crippen LogP contribution in [-0.4, -0.2) is 54.5 Å². The molecule has 0 spiro atoms. The quantitative estimate of drug-likeness (QED) is 0.676. The molecule has 180 valence electrons. The molecule has 4 rings (SSSR count). The van der Waals surface area contributed by atoms with Gasteiger partial charge in [-0.15, -0.1) is 0 Å². The van der Waals surface area contributed by atoms with Crippen molar-refractivity contribution in [2.75, 3.05) is 19.0 Å². The minimum atomic E-state index is -0.347. The zero-order valence-corrected chi connectivity index (χ0v) is 19.9. The van der Waals surface area contributed by atoms with E-state index in [1.165, 1.54) is 6.92 Å². The van der Waals surface area contributed by atoms with Gasteiger partial charge in [-0.3, -0.25) is 14.4 Å². The van der Waals surface area contributed by atoms with Crippen molar-refractivity contribution in [1.82, 2.24) is 10.2 Å². The molecule has 2 aliphatic rings. The summed E-state index contributed by atoms with van der Waals surface area (Å²) in [4.78, 5) is 38.7. The summed E-state index contributed by atoms with van der Waals surface area (Å²) >= 11 is 5.90. The van der Waals surface area contributed by atoms with Crippen LogP contribution in [-0.2, 0) is 20.9 Å². The summed E-state index contributed by atoms with van der Waals surface area (Å²) in [5.41, 5.74) is 1.91. The topological polar surface area (TPSA) is 97.0 Å². The van der Waals surface area contributed by atoms with E-state index in [2.05, 4.69) is 10.6 Å². The molecule has 2 aliphatic heterocycles. The highest BCUT2D eigenvalue weighted by molar-refractivity contribution is 6.30. The summed E-state index contributed by atoms with van der Waals surface area (Å²) in [6.07, 6.45) is 1.00. The number of hydrogen-bond donors (Lipinski definition) is 2. The number of fused-ring (bicyclic) bond motifs is 2. The maximum Gasteiger partial charge on any atom is 0.257 e. The summed E-state index contributed by atoms with van der Waals surface area (Å²) in [7, 11) is 1.75. The highest BCUT2D eigenvalue weighted by Crippen LogP contribution is 2.32. The smallest absolute Gasteiger partial charge is 0.257 e. The Morgan fingerprint density at radius 3 is 2.65 bits per heavy atom. The van der Waals surface area contributed by atoms with E-state index in [9.17, 15) is 14.4 Å². The third kappa shape index (κ3) is 5.69. The average Bonchev–Trinajstić information content (AvgIpc) is 2.81. The van der Waals surface area contributed by atoms with E-state index < -0.39 is 0 Å². The predicted molar refractivity (Wildman–Crippen MR) is 128 cm³/mol. The second-order valence-electron chi connectivity index (χ2n) is 8.67. The number of carbonyl (C=O) groups is 3. The number of benzene rings is 2. The van der Waals surface area contributed by atoms with Gasteiger partial charge in [-0.25, -0.2) is 0 Å².